The van der Waals surface area contributed by atoms with Crippen molar-refractivity contribution in [3.8, 4) is 0 Å². The van der Waals surface area contributed by atoms with Gasteiger partial charge in [-0.1, -0.05) is 19.9 Å². The van der Waals surface area contributed by atoms with Crippen molar-refractivity contribution in [1.29, 1.82) is 0 Å². The van der Waals surface area contributed by atoms with Crippen molar-refractivity contribution in [1.82, 2.24) is 4.98 Å². The standard InChI is InChI=1S/C12H21N3/c1-9(2)10(3)15(4)12-6-5-11(7-13)8-14-12/h5-6,8-10H,7,13H2,1-4H3. The highest BCUT2D eigenvalue weighted by molar-refractivity contribution is 5.39. The van der Waals surface area contributed by atoms with Gasteiger partial charge in [0, 0.05) is 25.8 Å². The second kappa shape index (κ2) is 5.12. The monoisotopic (exact) mass is 207 g/mol. The van der Waals surface area contributed by atoms with Gasteiger partial charge in [-0.15, -0.1) is 0 Å². The summed E-state index contributed by atoms with van der Waals surface area (Å²) in [6, 6.07) is 4.55. The zero-order valence-electron chi connectivity index (χ0n) is 10.1. The Kier molecular flexibility index (Phi) is 4.09. The van der Waals surface area contributed by atoms with Gasteiger partial charge in [0.05, 0.1) is 0 Å². The summed E-state index contributed by atoms with van der Waals surface area (Å²) in [5.74, 6) is 1.62. The van der Waals surface area contributed by atoms with E-state index < -0.39 is 0 Å². The van der Waals surface area contributed by atoms with Crippen LogP contribution in [0.4, 0.5) is 5.82 Å². The third-order valence-corrected chi connectivity index (χ3v) is 2.98. The Morgan fingerprint density at radius 1 is 1.33 bits per heavy atom. The molecular formula is C12H21N3. The number of rotatable bonds is 4. The fraction of sp³-hybridized carbons (Fsp3) is 0.583. The third kappa shape index (κ3) is 2.93. The van der Waals surface area contributed by atoms with Crippen molar-refractivity contribution in [2.45, 2.75) is 33.4 Å². The summed E-state index contributed by atoms with van der Waals surface area (Å²) in [6.45, 7) is 7.20. The van der Waals surface area contributed by atoms with Crippen LogP contribution >= 0.6 is 0 Å². The van der Waals surface area contributed by atoms with Gasteiger partial charge in [-0.3, -0.25) is 0 Å². The van der Waals surface area contributed by atoms with E-state index in [2.05, 4.69) is 37.7 Å². The van der Waals surface area contributed by atoms with Crippen LogP contribution in [0.3, 0.4) is 0 Å². The Bertz CT molecular complexity index is 292. The van der Waals surface area contributed by atoms with Crippen LogP contribution in [0.2, 0.25) is 0 Å². The normalized spacial score (nSPS) is 12.9. The molecule has 15 heavy (non-hydrogen) atoms. The first kappa shape index (κ1) is 12.0. The first-order valence-corrected chi connectivity index (χ1v) is 5.44. The van der Waals surface area contributed by atoms with Crippen LogP contribution in [0, 0.1) is 5.92 Å². The molecule has 0 aliphatic carbocycles. The highest BCUT2D eigenvalue weighted by atomic mass is 15.2. The van der Waals surface area contributed by atoms with E-state index in [1.807, 2.05) is 18.3 Å². The lowest BCUT2D eigenvalue weighted by atomic mass is 10.1. The topological polar surface area (TPSA) is 42.1 Å². The fourth-order valence-corrected chi connectivity index (χ4v) is 1.40. The molecule has 0 amide bonds. The van der Waals surface area contributed by atoms with Crippen molar-refractivity contribution in [2.24, 2.45) is 11.7 Å². The fourth-order valence-electron chi connectivity index (χ4n) is 1.40. The number of hydrogen-bond acceptors (Lipinski definition) is 3. The molecular weight excluding hydrogens is 186 g/mol. The van der Waals surface area contributed by atoms with Crippen LogP contribution in [-0.4, -0.2) is 18.1 Å². The van der Waals surface area contributed by atoms with Crippen LogP contribution in [0.5, 0.6) is 0 Å². The Labute approximate surface area is 92.3 Å². The van der Waals surface area contributed by atoms with E-state index in [1.165, 1.54) is 0 Å². The molecule has 1 unspecified atom stereocenters. The number of aromatic nitrogens is 1. The quantitative estimate of drug-likeness (QED) is 0.821. The molecule has 0 fully saturated rings. The first-order valence-electron chi connectivity index (χ1n) is 5.44. The maximum atomic E-state index is 5.53. The van der Waals surface area contributed by atoms with Gasteiger partial charge < -0.3 is 10.6 Å². The van der Waals surface area contributed by atoms with Crippen molar-refractivity contribution < 1.29 is 0 Å². The van der Waals surface area contributed by atoms with Crippen LogP contribution in [0.25, 0.3) is 0 Å². The molecule has 0 saturated carbocycles. The van der Waals surface area contributed by atoms with E-state index in [9.17, 15) is 0 Å². The van der Waals surface area contributed by atoms with E-state index in [4.69, 9.17) is 5.73 Å². The van der Waals surface area contributed by atoms with E-state index in [0.717, 1.165) is 11.4 Å². The molecule has 3 nitrogen and oxygen atoms in total. The molecule has 2 N–H and O–H groups in total. The molecule has 0 radical (unpaired) electrons. The smallest absolute Gasteiger partial charge is 0.128 e. The average molecular weight is 207 g/mol. The van der Waals surface area contributed by atoms with E-state index >= 15 is 0 Å². The maximum Gasteiger partial charge on any atom is 0.128 e. The van der Waals surface area contributed by atoms with Crippen LogP contribution < -0.4 is 10.6 Å². The van der Waals surface area contributed by atoms with Crippen molar-refractivity contribution >= 4 is 5.82 Å². The summed E-state index contributed by atoms with van der Waals surface area (Å²) in [7, 11) is 2.08. The summed E-state index contributed by atoms with van der Waals surface area (Å²) in [5, 5.41) is 0. The molecule has 84 valence electrons. The number of pyridine rings is 1. The van der Waals surface area contributed by atoms with Gasteiger partial charge in [0.1, 0.15) is 5.82 Å². The maximum absolute atomic E-state index is 5.53. The lowest BCUT2D eigenvalue weighted by Crippen LogP contribution is -2.33. The molecule has 0 aromatic carbocycles. The van der Waals surface area contributed by atoms with Gasteiger partial charge in [0.15, 0.2) is 0 Å². The highest BCUT2D eigenvalue weighted by Crippen LogP contribution is 2.16. The lowest BCUT2D eigenvalue weighted by Gasteiger charge is -2.28. The number of hydrogen-bond donors (Lipinski definition) is 1. The zero-order valence-corrected chi connectivity index (χ0v) is 10.1. The number of nitrogens with zero attached hydrogens (tertiary/aromatic N) is 2. The van der Waals surface area contributed by atoms with E-state index in [0.29, 0.717) is 18.5 Å². The van der Waals surface area contributed by atoms with Gasteiger partial charge in [-0.25, -0.2) is 4.98 Å². The van der Waals surface area contributed by atoms with Gasteiger partial charge in [0.25, 0.3) is 0 Å². The Hall–Kier alpha value is -1.09. The van der Waals surface area contributed by atoms with E-state index in [1.54, 1.807) is 0 Å². The molecule has 3 heteroatoms. The van der Waals surface area contributed by atoms with Gasteiger partial charge in [-0.05, 0) is 24.5 Å². The summed E-state index contributed by atoms with van der Waals surface area (Å²) in [5.41, 5.74) is 6.60. The van der Waals surface area contributed by atoms with Crippen molar-refractivity contribution in [3.05, 3.63) is 23.9 Å². The van der Waals surface area contributed by atoms with Crippen LogP contribution in [-0.2, 0) is 6.54 Å². The SMILES string of the molecule is CC(C)C(C)N(C)c1ccc(CN)cn1. The molecule has 0 aliphatic heterocycles. The van der Waals surface area contributed by atoms with Gasteiger partial charge in [0.2, 0.25) is 0 Å². The molecule has 1 aromatic rings. The molecule has 1 aromatic heterocycles. The molecule has 1 atom stereocenters. The minimum atomic E-state index is 0.487. The average Bonchev–Trinajstić information content (AvgIpc) is 2.27. The van der Waals surface area contributed by atoms with E-state index in [-0.39, 0.29) is 0 Å². The molecule has 1 rings (SSSR count). The highest BCUT2D eigenvalue weighted by Gasteiger charge is 2.14. The molecule has 0 bridgehead atoms. The van der Waals surface area contributed by atoms with Crippen molar-refractivity contribution in [3.63, 3.8) is 0 Å². The largest absolute Gasteiger partial charge is 0.357 e. The first-order chi connectivity index (χ1) is 7.06. The molecule has 0 saturated heterocycles. The molecule has 1 heterocycles. The molecule has 0 spiro atoms. The summed E-state index contributed by atoms with van der Waals surface area (Å²) in [6.07, 6.45) is 1.85. The third-order valence-electron chi connectivity index (χ3n) is 2.98. The van der Waals surface area contributed by atoms with Gasteiger partial charge >= 0.3 is 0 Å². The Balaban J connectivity index is 2.78. The summed E-state index contributed by atoms with van der Waals surface area (Å²) < 4.78 is 0. The number of anilines is 1. The second-order valence-electron chi connectivity index (χ2n) is 4.32. The van der Waals surface area contributed by atoms with Crippen molar-refractivity contribution in [2.75, 3.05) is 11.9 Å². The predicted octanol–water partition coefficient (Wildman–Crippen LogP) is 2.02. The zero-order chi connectivity index (χ0) is 11.4. The summed E-state index contributed by atoms with van der Waals surface area (Å²) in [4.78, 5) is 6.60. The van der Waals surface area contributed by atoms with Gasteiger partial charge in [-0.2, -0.15) is 0 Å². The molecule has 0 aliphatic rings. The second-order valence-corrected chi connectivity index (χ2v) is 4.32. The summed E-state index contributed by atoms with van der Waals surface area (Å²) >= 11 is 0. The Morgan fingerprint density at radius 2 is 2.00 bits per heavy atom. The minimum Gasteiger partial charge on any atom is -0.357 e. The Morgan fingerprint density at radius 3 is 2.40 bits per heavy atom. The lowest BCUT2D eigenvalue weighted by molar-refractivity contribution is 0.502. The van der Waals surface area contributed by atoms with Crippen LogP contribution in [0.15, 0.2) is 18.3 Å². The minimum absolute atomic E-state index is 0.487. The predicted molar refractivity (Wildman–Crippen MR) is 64.8 cm³/mol. The van der Waals surface area contributed by atoms with Crippen LogP contribution in [0.1, 0.15) is 26.3 Å². The number of nitrogens with two attached hydrogens (primary N) is 1.